The number of rotatable bonds is 16. The smallest absolute Gasteiger partial charge is 0.408 e. The van der Waals surface area contributed by atoms with Gasteiger partial charge in [0.1, 0.15) is 12.6 Å². The number of hydrogen-bond donors (Lipinski definition) is 1. The molecule has 1 aliphatic heterocycles. The summed E-state index contributed by atoms with van der Waals surface area (Å²) in [5.41, 5.74) is 0.768. The van der Waals surface area contributed by atoms with Gasteiger partial charge >= 0.3 is 6.09 Å². The molecule has 38 heavy (non-hydrogen) atoms. The average Bonchev–Trinajstić information content (AvgIpc) is 2.90. The fourth-order valence-electron chi connectivity index (χ4n) is 4.63. The van der Waals surface area contributed by atoms with Gasteiger partial charge in [-0.15, -0.1) is 0 Å². The van der Waals surface area contributed by atoms with Gasteiger partial charge in [-0.2, -0.15) is 0 Å². The predicted octanol–water partition coefficient (Wildman–Crippen LogP) is 4.98. The Kier molecular flexibility index (Phi) is 15.5. The third kappa shape index (κ3) is 11.3. The van der Waals surface area contributed by atoms with Crippen LogP contribution < -0.4 is 5.32 Å². The summed E-state index contributed by atoms with van der Waals surface area (Å²) < 4.78 is 38.9. The Balaban J connectivity index is 0.000000391. The van der Waals surface area contributed by atoms with E-state index < -0.39 is 34.4 Å². The van der Waals surface area contributed by atoms with Crippen molar-refractivity contribution >= 4 is 22.3 Å². The van der Waals surface area contributed by atoms with Gasteiger partial charge in [0, 0.05) is 0 Å². The Morgan fingerprint density at radius 2 is 1.37 bits per heavy atom. The van der Waals surface area contributed by atoms with E-state index >= 15 is 0 Å². The lowest BCUT2D eigenvalue weighted by Crippen LogP contribution is -2.70. The predicted molar refractivity (Wildman–Crippen MR) is 149 cm³/mol. The molecule has 0 unspecified atom stereocenters. The first kappa shape index (κ1) is 33.9. The maximum Gasteiger partial charge on any atom is 0.408 e. The normalized spacial score (nSPS) is 17.3. The number of β-lactam (4-membered cyclic amide) rings is 1. The van der Waals surface area contributed by atoms with E-state index in [9.17, 15) is 22.6 Å². The van der Waals surface area contributed by atoms with E-state index in [4.69, 9.17) is 4.74 Å². The molecule has 1 aromatic carbocycles. The van der Waals surface area contributed by atoms with E-state index in [1.807, 2.05) is 6.07 Å². The zero-order valence-corrected chi connectivity index (χ0v) is 24.8. The first-order chi connectivity index (χ1) is 18.0. The molecule has 1 heterocycles. The van der Waals surface area contributed by atoms with E-state index in [0.29, 0.717) is 0 Å². The molecule has 218 valence electrons. The van der Waals surface area contributed by atoms with E-state index in [2.05, 4.69) is 33.0 Å². The van der Waals surface area contributed by atoms with Crippen LogP contribution in [0.15, 0.2) is 30.3 Å². The molecule has 0 radical (unpaired) electrons. The van der Waals surface area contributed by atoms with Crippen molar-refractivity contribution in [1.29, 1.82) is 0 Å². The zero-order chi connectivity index (χ0) is 28.6. The fourth-order valence-corrected chi connectivity index (χ4v) is 5.49. The van der Waals surface area contributed by atoms with Gasteiger partial charge < -0.3 is 19.1 Å². The van der Waals surface area contributed by atoms with Crippen LogP contribution in [0.25, 0.3) is 0 Å². The van der Waals surface area contributed by atoms with Gasteiger partial charge in [-0.1, -0.05) is 83.7 Å². The van der Waals surface area contributed by atoms with Crippen molar-refractivity contribution in [3.63, 3.8) is 0 Å². The van der Waals surface area contributed by atoms with Gasteiger partial charge in [0.05, 0.1) is 32.2 Å². The maximum absolute atomic E-state index is 11.5. The molecular weight excluding hydrogens is 506 g/mol. The standard InChI is InChI=1S/C16H36N.C12H14N2O6S/c1-5-9-13-17(14-10-6-2,15-11-7-3)16-12-8-4;1-8-10(11(15)14(8)21(17,18)19)13-12(16)20-7-9-5-3-2-4-6-9/h5-16H2,1-4H3;2-6,8,10H,7H2,1H3,(H,13,16)(H,17,18,19)/q+1;/p-1/t;8-,10+/m.1/s1. The van der Waals surface area contributed by atoms with Crippen LogP contribution in [0.2, 0.25) is 0 Å². The van der Waals surface area contributed by atoms with Crippen molar-refractivity contribution in [3.8, 4) is 0 Å². The van der Waals surface area contributed by atoms with Gasteiger partial charge in [0.25, 0.3) is 5.91 Å². The van der Waals surface area contributed by atoms with Gasteiger partial charge in [0.15, 0.2) is 10.3 Å². The molecule has 0 bridgehead atoms. The first-order valence-corrected chi connectivity index (χ1v) is 15.5. The van der Waals surface area contributed by atoms with Crippen LogP contribution in [-0.2, 0) is 26.4 Å². The summed E-state index contributed by atoms with van der Waals surface area (Å²) in [6.45, 7) is 16.4. The van der Waals surface area contributed by atoms with E-state index in [1.54, 1.807) is 24.3 Å². The van der Waals surface area contributed by atoms with Gasteiger partial charge in [-0.05, 0) is 38.2 Å². The monoisotopic (exact) mass is 555 g/mol. The van der Waals surface area contributed by atoms with Crippen LogP contribution in [0.5, 0.6) is 0 Å². The van der Waals surface area contributed by atoms with Crippen LogP contribution in [0.1, 0.15) is 91.5 Å². The van der Waals surface area contributed by atoms with Crippen molar-refractivity contribution in [3.05, 3.63) is 35.9 Å². The lowest BCUT2D eigenvalue weighted by atomic mass is 10.0. The van der Waals surface area contributed by atoms with Crippen LogP contribution in [-0.4, -0.2) is 72.0 Å². The highest BCUT2D eigenvalue weighted by Gasteiger charge is 2.49. The summed E-state index contributed by atoms with van der Waals surface area (Å²) in [6.07, 6.45) is 10.2. The Hall–Kier alpha value is -2.17. The number of hydrogen-bond acceptors (Lipinski definition) is 6. The SMILES string of the molecule is CCCC[N+](CCCC)(CCCC)CCCC.C[C@@H]1[C@H](NC(=O)OCc2ccccc2)C(=O)N1S(=O)(=O)[O-]. The number of carbonyl (C=O) groups excluding carboxylic acids is 2. The van der Waals surface area contributed by atoms with Gasteiger partial charge in [0.2, 0.25) is 0 Å². The molecule has 2 rings (SSSR count). The number of ether oxygens (including phenoxy) is 1. The summed E-state index contributed by atoms with van der Waals surface area (Å²) in [4.78, 5) is 23.0. The minimum absolute atomic E-state index is 0.0194. The average molecular weight is 556 g/mol. The highest BCUT2D eigenvalue weighted by Crippen LogP contribution is 2.23. The van der Waals surface area contributed by atoms with E-state index in [0.717, 1.165) is 5.56 Å². The molecule has 2 amide bonds. The third-order valence-corrected chi connectivity index (χ3v) is 8.00. The number of nitrogens with one attached hydrogen (secondary N) is 1. The Bertz CT molecular complexity index is 888. The van der Waals surface area contributed by atoms with Crippen LogP contribution in [0.4, 0.5) is 4.79 Å². The molecule has 2 atom stereocenters. The van der Waals surface area contributed by atoms with E-state index in [1.165, 1.54) is 89.0 Å². The van der Waals surface area contributed by atoms with Crippen molar-refractivity contribution in [1.82, 2.24) is 9.62 Å². The second-order valence-electron chi connectivity index (χ2n) is 10.2. The molecule has 10 heteroatoms. The summed E-state index contributed by atoms with van der Waals surface area (Å²) >= 11 is 0. The molecule has 1 saturated heterocycles. The highest BCUT2D eigenvalue weighted by atomic mass is 32.2. The summed E-state index contributed by atoms with van der Waals surface area (Å²) in [7, 11) is -4.85. The molecule has 0 aromatic heterocycles. The molecule has 1 aromatic rings. The molecule has 0 aliphatic carbocycles. The lowest BCUT2D eigenvalue weighted by Gasteiger charge is -2.45. The Morgan fingerprint density at radius 1 is 0.921 bits per heavy atom. The Labute approximate surface area is 230 Å². The number of carbonyl (C=O) groups is 2. The third-order valence-electron chi connectivity index (χ3n) is 7.01. The molecule has 0 saturated carbocycles. The van der Waals surface area contributed by atoms with Gasteiger partial charge in [-0.3, -0.25) is 4.79 Å². The molecule has 1 aliphatic rings. The number of alkyl carbamates (subject to hydrolysis) is 1. The maximum atomic E-state index is 11.5. The molecule has 1 N–H and O–H groups in total. The topological polar surface area (TPSA) is 116 Å². The Morgan fingerprint density at radius 3 is 1.74 bits per heavy atom. The minimum atomic E-state index is -4.85. The lowest BCUT2D eigenvalue weighted by molar-refractivity contribution is -0.929. The van der Waals surface area contributed by atoms with Crippen molar-refractivity contribution in [2.45, 2.75) is 105 Å². The number of unbranched alkanes of at least 4 members (excludes halogenated alkanes) is 4. The minimum Gasteiger partial charge on any atom is -0.731 e. The molecular formula is C28H49N3O6S. The van der Waals surface area contributed by atoms with Crippen molar-refractivity contribution < 1.29 is 31.8 Å². The largest absolute Gasteiger partial charge is 0.731 e. The zero-order valence-electron chi connectivity index (χ0n) is 24.0. The van der Waals surface area contributed by atoms with E-state index in [-0.39, 0.29) is 10.9 Å². The fraction of sp³-hybridized carbons (Fsp3) is 0.714. The number of nitrogens with zero attached hydrogens (tertiary/aromatic N) is 2. The highest BCUT2D eigenvalue weighted by molar-refractivity contribution is 7.84. The summed E-state index contributed by atoms with van der Waals surface area (Å²) in [5.74, 6) is -0.964. The first-order valence-electron chi connectivity index (χ1n) is 14.2. The van der Waals surface area contributed by atoms with Crippen LogP contribution in [0.3, 0.4) is 0 Å². The van der Waals surface area contributed by atoms with Crippen LogP contribution in [0, 0.1) is 0 Å². The van der Waals surface area contributed by atoms with Crippen molar-refractivity contribution in [2.24, 2.45) is 0 Å². The molecule has 1 fully saturated rings. The van der Waals surface area contributed by atoms with Crippen LogP contribution >= 0.6 is 0 Å². The second-order valence-corrected chi connectivity index (χ2v) is 11.4. The summed E-state index contributed by atoms with van der Waals surface area (Å²) in [5, 5.41) is 2.23. The second kappa shape index (κ2) is 17.4. The molecule has 0 spiro atoms. The number of amides is 2. The quantitative estimate of drug-likeness (QED) is 0.175. The van der Waals surface area contributed by atoms with Crippen molar-refractivity contribution in [2.75, 3.05) is 26.2 Å². The van der Waals surface area contributed by atoms with Gasteiger partial charge in [-0.25, -0.2) is 17.5 Å². The summed E-state index contributed by atoms with van der Waals surface area (Å²) in [6, 6.07) is 6.90. The number of quaternary nitrogens is 1. The molecule has 9 nitrogen and oxygen atoms in total. The number of benzene rings is 1.